The zero-order valence-electron chi connectivity index (χ0n) is 10.0. The molecule has 20 nitrogen and oxygen atoms in total. The smallest absolute Gasteiger partial charge is 0.356 e. The van der Waals surface area contributed by atoms with Crippen LogP contribution in [0.4, 0.5) is 0 Å². The van der Waals surface area contributed by atoms with Gasteiger partial charge in [0.25, 0.3) is 0 Å². The molecule has 0 aliphatic rings. The summed E-state index contributed by atoms with van der Waals surface area (Å²) in [6.45, 7) is 0. The maximum Gasteiger partial charge on any atom is 4.00 e. The fraction of sp³-hybridized carbons (Fsp3) is 0. The molecule has 0 heterocycles. The van der Waals surface area contributed by atoms with Gasteiger partial charge in [-0.15, -0.1) is 0 Å². The largest absolute Gasteiger partial charge is 4.00 e. The predicted molar refractivity (Wildman–Crippen MR) is 61.5 cm³/mol. The van der Waals surface area contributed by atoms with E-state index >= 15 is 0 Å². The molecule has 21 heavy (non-hydrogen) atoms. The van der Waals surface area contributed by atoms with Gasteiger partial charge in [0.05, 0.1) is 20.3 Å². The van der Waals surface area contributed by atoms with Crippen LogP contribution >= 0.6 is 0 Å². The van der Waals surface area contributed by atoms with Gasteiger partial charge >= 0.3 is 26.2 Å². The van der Waals surface area contributed by atoms with E-state index in [4.69, 9.17) is 61.3 Å². The van der Waals surface area contributed by atoms with Crippen LogP contribution in [0.25, 0.3) is 0 Å². The van der Waals surface area contributed by atoms with Crippen molar-refractivity contribution in [1.29, 1.82) is 0 Å². The van der Waals surface area contributed by atoms with Crippen LogP contribution in [0, 0.1) is 61.3 Å². The summed E-state index contributed by atoms with van der Waals surface area (Å²) in [5.74, 6) is 0. The van der Waals surface area contributed by atoms with Gasteiger partial charge in [-0.3, -0.25) is 0 Å². The first-order valence-corrected chi connectivity index (χ1v) is 2.19. The van der Waals surface area contributed by atoms with Gasteiger partial charge < -0.3 is 85.9 Å². The quantitative estimate of drug-likeness (QED) is 0.295. The fourth-order valence-electron chi connectivity index (χ4n) is 0. The SMILES string of the molecule is N.N.N.N.O=[N+]([O-])[O-].O=[N+]([O-])[O-].O=[N+]([O-])[O-].O=[N+]([O-])[O-].[Zr+4]. The van der Waals surface area contributed by atoms with Gasteiger partial charge in [-0.05, 0) is 0 Å². The van der Waals surface area contributed by atoms with E-state index in [0.717, 1.165) is 0 Å². The van der Waals surface area contributed by atoms with Gasteiger partial charge in [0, 0.05) is 0 Å². The van der Waals surface area contributed by atoms with Crippen LogP contribution in [0.15, 0.2) is 0 Å². The Morgan fingerprint density at radius 1 is 0.381 bits per heavy atom. The molecule has 0 radical (unpaired) electrons. The van der Waals surface area contributed by atoms with Crippen molar-refractivity contribution in [3.05, 3.63) is 61.3 Å². The van der Waals surface area contributed by atoms with Crippen molar-refractivity contribution >= 4 is 0 Å². The average Bonchev–Trinajstić information content (AvgIpc) is 1.76. The van der Waals surface area contributed by atoms with Crippen LogP contribution in [-0.2, 0) is 26.2 Å². The van der Waals surface area contributed by atoms with Gasteiger partial charge in [0.15, 0.2) is 0 Å². The molecule has 0 rings (SSSR count). The Hall–Kier alpha value is -2.48. The molecular formula is H12N8O12Zr. The van der Waals surface area contributed by atoms with E-state index < -0.39 is 20.3 Å². The number of hydrogen-bond donors (Lipinski definition) is 4. The van der Waals surface area contributed by atoms with Gasteiger partial charge in [-0.2, -0.15) is 0 Å². The number of nitrogens with zero attached hydrogens (tertiary/aromatic N) is 4. The van der Waals surface area contributed by atoms with Crippen molar-refractivity contribution in [3.63, 3.8) is 0 Å². The summed E-state index contributed by atoms with van der Waals surface area (Å²) in [5.41, 5.74) is 0. The number of rotatable bonds is 0. The maximum absolute atomic E-state index is 8.25. The second-order valence-corrected chi connectivity index (χ2v) is 0.894. The molecule has 128 valence electrons. The first-order valence-electron chi connectivity index (χ1n) is 2.19. The Morgan fingerprint density at radius 3 is 0.381 bits per heavy atom. The molecule has 0 aromatic carbocycles. The van der Waals surface area contributed by atoms with Crippen LogP contribution in [0.3, 0.4) is 0 Å². The van der Waals surface area contributed by atoms with E-state index in [1.54, 1.807) is 0 Å². The molecule has 0 bridgehead atoms. The molecule has 0 atom stereocenters. The van der Waals surface area contributed by atoms with E-state index in [9.17, 15) is 0 Å². The molecule has 0 aromatic heterocycles. The molecule has 0 saturated heterocycles. The molecule has 0 aliphatic heterocycles. The minimum absolute atomic E-state index is 0. The summed E-state index contributed by atoms with van der Waals surface area (Å²) >= 11 is 0. The second-order valence-electron chi connectivity index (χ2n) is 0.894. The van der Waals surface area contributed by atoms with E-state index in [0.29, 0.717) is 0 Å². The molecule has 0 fully saturated rings. The topological polar surface area (TPSA) is 405 Å². The third kappa shape index (κ3) is 688. The Balaban J connectivity index is -0.0000000121. The van der Waals surface area contributed by atoms with Crippen molar-refractivity contribution in [1.82, 2.24) is 24.6 Å². The van der Waals surface area contributed by atoms with E-state index in [2.05, 4.69) is 0 Å². The number of hydrogen-bond acceptors (Lipinski definition) is 16. The molecule has 0 amide bonds. The summed E-state index contributed by atoms with van der Waals surface area (Å²) < 4.78 is 0. The van der Waals surface area contributed by atoms with Crippen LogP contribution in [0.1, 0.15) is 0 Å². The molecule has 0 unspecified atom stereocenters. The molecule has 0 aliphatic carbocycles. The van der Waals surface area contributed by atoms with Crippen molar-refractivity contribution in [3.8, 4) is 0 Å². The van der Waals surface area contributed by atoms with Crippen LogP contribution < -0.4 is 24.6 Å². The monoisotopic (exact) mass is 406 g/mol. The molecule has 0 saturated carbocycles. The zero-order chi connectivity index (χ0) is 14.3. The summed E-state index contributed by atoms with van der Waals surface area (Å²) in [5, 5.41) is 59.0. The summed E-state index contributed by atoms with van der Waals surface area (Å²) in [6, 6.07) is 0. The molecule has 0 spiro atoms. The van der Waals surface area contributed by atoms with Crippen molar-refractivity contribution in [2.45, 2.75) is 0 Å². The third-order valence-electron chi connectivity index (χ3n) is 0. The maximum atomic E-state index is 8.25. The standard InChI is InChI=1S/4NO3.4H3N.Zr/c4*2-1(3)4;;;;;/h;;;;4*1H3;/q4*-1;;;;;+4. The van der Waals surface area contributed by atoms with Crippen LogP contribution in [0.5, 0.6) is 0 Å². The van der Waals surface area contributed by atoms with Crippen LogP contribution in [-0.4, -0.2) is 20.3 Å². The fourth-order valence-corrected chi connectivity index (χ4v) is 0. The predicted octanol–water partition coefficient (Wildman–Crippen LogP) is -0.311. The Bertz CT molecular complexity index is 165. The summed E-state index contributed by atoms with van der Waals surface area (Å²) in [4.78, 5) is 33.0. The van der Waals surface area contributed by atoms with Crippen molar-refractivity contribution in [2.24, 2.45) is 0 Å². The second kappa shape index (κ2) is 52.8. The van der Waals surface area contributed by atoms with E-state index in [1.807, 2.05) is 0 Å². The van der Waals surface area contributed by atoms with E-state index in [-0.39, 0.29) is 50.8 Å². The van der Waals surface area contributed by atoms with Crippen LogP contribution in [0.2, 0.25) is 0 Å². The summed E-state index contributed by atoms with van der Waals surface area (Å²) in [7, 11) is 0. The van der Waals surface area contributed by atoms with Crippen molar-refractivity contribution in [2.75, 3.05) is 0 Å². The Morgan fingerprint density at radius 2 is 0.381 bits per heavy atom. The van der Waals surface area contributed by atoms with E-state index in [1.165, 1.54) is 0 Å². The molecule has 12 N–H and O–H groups in total. The van der Waals surface area contributed by atoms with Gasteiger partial charge in [-0.25, -0.2) is 0 Å². The average molecular weight is 407 g/mol. The first-order chi connectivity index (χ1) is 6.93. The zero-order valence-corrected chi connectivity index (χ0v) is 12.5. The third-order valence-corrected chi connectivity index (χ3v) is 0. The van der Waals surface area contributed by atoms with Gasteiger partial charge in [0.1, 0.15) is 0 Å². The minimum Gasteiger partial charge on any atom is -0.356 e. The Labute approximate surface area is 133 Å². The van der Waals surface area contributed by atoms with Gasteiger partial charge in [0.2, 0.25) is 0 Å². The van der Waals surface area contributed by atoms with Crippen molar-refractivity contribution < 1.29 is 46.5 Å². The Kier molecular flexibility index (Phi) is 158. The molecular weight excluding hydrogens is 395 g/mol. The first kappa shape index (κ1) is 62.7. The summed E-state index contributed by atoms with van der Waals surface area (Å²) in [6.07, 6.45) is 0. The molecule has 0 aromatic rings. The normalized spacial score (nSPS) is 4.57. The minimum atomic E-state index is -1.75. The van der Waals surface area contributed by atoms with Gasteiger partial charge in [-0.1, -0.05) is 0 Å². The molecule has 21 heteroatoms.